The van der Waals surface area contributed by atoms with Crippen molar-refractivity contribution in [1.82, 2.24) is 0 Å². The molecule has 0 radical (unpaired) electrons. The van der Waals surface area contributed by atoms with Gasteiger partial charge in [-0.2, -0.15) is 0 Å². The third-order valence-corrected chi connectivity index (χ3v) is 1.53. The first-order valence-corrected chi connectivity index (χ1v) is 3.94. The van der Waals surface area contributed by atoms with Gasteiger partial charge >= 0.3 is 0 Å². The van der Waals surface area contributed by atoms with Gasteiger partial charge in [-0.05, 0) is 18.9 Å². The molecule has 10 heavy (non-hydrogen) atoms. The number of nitrogens with zero attached hydrogens (tertiary/aromatic N) is 1. The molecule has 60 valence electrons. The average molecular weight is 142 g/mol. The predicted molar refractivity (Wildman–Crippen MR) is 46.9 cm³/mol. The molecule has 0 aromatic heterocycles. The smallest absolute Gasteiger partial charge is 0.0993 e. The predicted octanol–water partition coefficient (Wildman–Crippen LogP) is 2.05. The largest absolute Gasteiger partial charge is 0.325 e. The zero-order valence-electron chi connectivity index (χ0n) is 7.78. The Hall–Kier alpha value is -0.300. The Morgan fingerprint density at radius 1 is 1.40 bits per heavy atom. The number of likely N-dealkylation sites (N-methyl/N-ethyl adjacent to an activating group) is 1. The van der Waals surface area contributed by atoms with E-state index in [1.807, 2.05) is 0 Å². The van der Waals surface area contributed by atoms with E-state index in [4.69, 9.17) is 0 Å². The molecule has 0 aromatic carbocycles. The standard InChI is InChI=1S/C9H20N/c1-6-7-10(4,5)8-9(2)3/h2,6-8H2,1,3-5H3/q+1. The van der Waals surface area contributed by atoms with Crippen molar-refractivity contribution in [2.24, 2.45) is 0 Å². The first-order chi connectivity index (χ1) is 4.48. The molecule has 1 heteroatoms. The molecule has 0 aliphatic carbocycles. The second-order valence-corrected chi connectivity index (χ2v) is 3.77. The molecule has 0 saturated carbocycles. The molecular weight excluding hydrogens is 122 g/mol. The summed E-state index contributed by atoms with van der Waals surface area (Å²) in [4.78, 5) is 0. The van der Waals surface area contributed by atoms with Crippen LogP contribution in [0.15, 0.2) is 12.2 Å². The van der Waals surface area contributed by atoms with Crippen molar-refractivity contribution in [1.29, 1.82) is 0 Å². The minimum atomic E-state index is 1.08. The highest BCUT2D eigenvalue weighted by Crippen LogP contribution is 2.02. The van der Waals surface area contributed by atoms with Crippen LogP contribution in [0.2, 0.25) is 0 Å². The van der Waals surface area contributed by atoms with Gasteiger partial charge in [-0.1, -0.05) is 13.5 Å². The van der Waals surface area contributed by atoms with Crippen LogP contribution in [0.25, 0.3) is 0 Å². The first-order valence-electron chi connectivity index (χ1n) is 3.94. The quantitative estimate of drug-likeness (QED) is 0.416. The zero-order valence-corrected chi connectivity index (χ0v) is 7.78. The molecule has 0 saturated heterocycles. The lowest BCUT2D eigenvalue weighted by molar-refractivity contribution is -0.885. The fourth-order valence-corrected chi connectivity index (χ4v) is 1.42. The highest BCUT2D eigenvalue weighted by Gasteiger charge is 2.12. The number of quaternary nitrogens is 1. The molecular formula is C9H20N+. The van der Waals surface area contributed by atoms with Crippen LogP contribution in [0, 0.1) is 0 Å². The lowest BCUT2D eigenvalue weighted by atomic mass is 10.3. The van der Waals surface area contributed by atoms with E-state index in [9.17, 15) is 0 Å². The third kappa shape index (κ3) is 4.57. The first kappa shape index (κ1) is 9.70. The van der Waals surface area contributed by atoms with Gasteiger partial charge < -0.3 is 4.48 Å². The summed E-state index contributed by atoms with van der Waals surface area (Å²) in [5.74, 6) is 0. The Bertz CT molecular complexity index is 114. The van der Waals surface area contributed by atoms with Crippen molar-refractivity contribution in [3.05, 3.63) is 12.2 Å². The Morgan fingerprint density at radius 3 is 2.20 bits per heavy atom. The molecule has 0 atom stereocenters. The lowest BCUT2D eigenvalue weighted by Crippen LogP contribution is -2.41. The highest BCUT2D eigenvalue weighted by molar-refractivity contribution is 4.87. The molecule has 0 amide bonds. The molecule has 0 fully saturated rings. The highest BCUT2D eigenvalue weighted by atomic mass is 15.3. The van der Waals surface area contributed by atoms with Crippen molar-refractivity contribution < 1.29 is 4.48 Å². The maximum absolute atomic E-state index is 3.91. The van der Waals surface area contributed by atoms with Crippen LogP contribution in [-0.2, 0) is 0 Å². The second kappa shape index (κ2) is 3.77. The van der Waals surface area contributed by atoms with Crippen molar-refractivity contribution in [2.45, 2.75) is 20.3 Å². The Labute approximate surface area is 64.9 Å². The van der Waals surface area contributed by atoms with Crippen molar-refractivity contribution >= 4 is 0 Å². The molecule has 1 nitrogen and oxygen atoms in total. The summed E-state index contributed by atoms with van der Waals surface area (Å²) in [6.45, 7) is 10.6. The van der Waals surface area contributed by atoms with E-state index in [1.54, 1.807) is 0 Å². The molecule has 0 heterocycles. The van der Waals surface area contributed by atoms with Crippen LogP contribution in [-0.4, -0.2) is 31.7 Å². The van der Waals surface area contributed by atoms with Crippen molar-refractivity contribution in [3.8, 4) is 0 Å². The van der Waals surface area contributed by atoms with Gasteiger partial charge in [0.05, 0.1) is 27.2 Å². The number of rotatable bonds is 4. The van der Waals surface area contributed by atoms with E-state index in [-0.39, 0.29) is 0 Å². The zero-order chi connectivity index (χ0) is 8.20. The van der Waals surface area contributed by atoms with E-state index in [0.29, 0.717) is 0 Å². The SMILES string of the molecule is C=C(C)C[N+](C)(C)CCC. The van der Waals surface area contributed by atoms with E-state index in [2.05, 4.69) is 34.5 Å². The van der Waals surface area contributed by atoms with Crippen LogP contribution in [0.1, 0.15) is 20.3 Å². The summed E-state index contributed by atoms with van der Waals surface area (Å²) < 4.78 is 1.08. The molecule has 0 aliphatic rings. The normalized spacial score (nSPS) is 11.6. The molecule has 0 spiro atoms. The Morgan fingerprint density at radius 2 is 1.90 bits per heavy atom. The summed E-state index contributed by atoms with van der Waals surface area (Å²) in [5.41, 5.74) is 1.28. The van der Waals surface area contributed by atoms with Crippen LogP contribution >= 0.6 is 0 Å². The maximum atomic E-state index is 3.91. The Balaban J connectivity index is 3.74. The van der Waals surface area contributed by atoms with Crippen LogP contribution in [0.5, 0.6) is 0 Å². The monoisotopic (exact) mass is 142 g/mol. The number of hydrogen-bond acceptors (Lipinski definition) is 0. The van der Waals surface area contributed by atoms with E-state index in [0.717, 1.165) is 11.0 Å². The molecule has 0 unspecified atom stereocenters. The van der Waals surface area contributed by atoms with Crippen LogP contribution < -0.4 is 0 Å². The minimum absolute atomic E-state index is 1.08. The summed E-state index contributed by atoms with van der Waals surface area (Å²) in [6, 6.07) is 0. The maximum Gasteiger partial charge on any atom is 0.0993 e. The molecule has 0 N–H and O–H groups in total. The van der Waals surface area contributed by atoms with Gasteiger partial charge in [0, 0.05) is 0 Å². The van der Waals surface area contributed by atoms with Gasteiger partial charge in [-0.3, -0.25) is 0 Å². The van der Waals surface area contributed by atoms with Crippen LogP contribution in [0.4, 0.5) is 0 Å². The molecule has 0 aromatic rings. The fourth-order valence-electron chi connectivity index (χ4n) is 1.42. The van der Waals surface area contributed by atoms with Gasteiger partial charge in [0.25, 0.3) is 0 Å². The van der Waals surface area contributed by atoms with Gasteiger partial charge in [-0.25, -0.2) is 0 Å². The fraction of sp³-hybridized carbons (Fsp3) is 0.778. The van der Waals surface area contributed by atoms with E-state index < -0.39 is 0 Å². The van der Waals surface area contributed by atoms with E-state index >= 15 is 0 Å². The van der Waals surface area contributed by atoms with Gasteiger partial charge in [0.2, 0.25) is 0 Å². The summed E-state index contributed by atoms with van der Waals surface area (Å²) in [7, 11) is 4.50. The number of hydrogen-bond donors (Lipinski definition) is 0. The van der Waals surface area contributed by atoms with Crippen LogP contribution in [0.3, 0.4) is 0 Å². The van der Waals surface area contributed by atoms with Gasteiger partial charge in [0.15, 0.2) is 0 Å². The van der Waals surface area contributed by atoms with Gasteiger partial charge in [0.1, 0.15) is 0 Å². The topological polar surface area (TPSA) is 0 Å². The average Bonchev–Trinajstić information content (AvgIpc) is 1.59. The molecule has 0 rings (SSSR count). The molecule has 0 aliphatic heterocycles. The van der Waals surface area contributed by atoms with Crippen molar-refractivity contribution in [3.63, 3.8) is 0 Å². The molecule has 0 bridgehead atoms. The lowest BCUT2D eigenvalue weighted by Gasteiger charge is -2.29. The summed E-state index contributed by atoms with van der Waals surface area (Å²) in [5, 5.41) is 0. The summed E-state index contributed by atoms with van der Waals surface area (Å²) in [6.07, 6.45) is 1.25. The summed E-state index contributed by atoms with van der Waals surface area (Å²) >= 11 is 0. The minimum Gasteiger partial charge on any atom is -0.325 e. The second-order valence-electron chi connectivity index (χ2n) is 3.77. The van der Waals surface area contributed by atoms with Gasteiger partial charge in [-0.15, -0.1) is 0 Å². The van der Waals surface area contributed by atoms with E-state index in [1.165, 1.54) is 18.5 Å². The Kier molecular flexibility index (Phi) is 3.66. The third-order valence-electron chi connectivity index (χ3n) is 1.53. The van der Waals surface area contributed by atoms with Crippen molar-refractivity contribution in [2.75, 3.05) is 27.2 Å².